The predicted molar refractivity (Wildman–Crippen MR) is 66.8 cm³/mol. The highest BCUT2D eigenvalue weighted by molar-refractivity contribution is 6.34. The average molecular weight is 272 g/mol. The van der Waals surface area contributed by atoms with Crippen molar-refractivity contribution >= 4 is 23.5 Å². The summed E-state index contributed by atoms with van der Waals surface area (Å²) in [5.74, 6) is -1.70. The molecule has 0 aliphatic carbocycles. The molecule has 0 bridgehead atoms. The van der Waals surface area contributed by atoms with Gasteiger partial charge in [0, 0.05) is 13.0 Å². The number of aliphatic hydroxyl groups is 1. The van der Waals surface area contributed by atoms with Crippen molar-refractivity contribution in [1.29, 1.82) is 0 Å². The molecule has 0 spiro atoms. The van der Waals surface area contributed by atoms with E-state index in [1.165, 1.54) is 0 Å². The maximum absolute atomic E-state index is 11.7. The van der Waals surface area contributed by atoms with Crippen LogP contribution in [0.15, 0.2) is 18.2 Å². The van der Waals surface area contributed by atoms with E-state index in [9.17, 15) is 9.59 Å². The number of hydrogen-bond acceptors (Lipinski definition) is 3. The summed E-state index contributed by atoms with van der Waals surface area (Å²) < 4.78 is 0. The van der Waals surface area contributed by atoms with E-state index in [2.05, 4.69) is 5.32 Å². The monoisotopic (exact) mass is 271 g/mol. The Balaban J connectivity index is 2.56. The van der Waals surface area contributed by atoms with E-state index >= 15 is 0 Å². The number of aliphatic hydroxyl groups excluding tert-OH is 1. The molecule has 18 heavy (non-hydrogen) atoms. The van der Waals surface area contributed by atoms with Crippen LogP contribution in [-0.4, -0.2) is 34.7 Å². The Hall–Kier alpha value is -1.59. The number of rotatable bonds is 5. The van der Waals surface area contributed by atoms with Crippen LogP contribution in [0.5, 0.6) is 0 Å². The van der Waals surface area contributed by atoms with Gasteiger partial charge in [0.05, 0.1) is 10.6 Å². The summed E-state index contributed by atoms with van der Waals surface area (Å²) in [6, 6.07) is 5.08. The van der Waals surface area contributed by atoms with E-state index < -0.39 is 12.1 Å². The van der Waals surface area contributed by atoms with Crippen molar-refractivity contribution < 1.29 is 19.8 Å². The molecular formula is C12H14ClNO4. The predicted octanol–water partition coefficient (Wildman–Crippen LogP) is 1.21. The first-order chi connectivity index (χ1) is 8.43. The number of halogens is 1. The lowest BCUT2D eigenvalue weighted by atomic mass is 10.1. The van der Waals surface area contributed by atoms with Gasteiger partial charge in [-0.05, 0) is 18.6 Å². The van der Waals surface area contributed by atoms with E-state index in [1.54, 1.807) is 25.1 Å². The van der Waals surface area contributed by atoms with Crippen LogP contribution >= 0.6 is 11.6 Å². The largest absolute Gasteiger partial charge is 0.479 e. The van der Waals surface area contributed by atoms with Gasteiger partial charge in [-0.15, -0.1) is 0 Å². The highest BCUT2D eigenvalue weighted by Gasteiger charge is 2.15. The third-order valence-electron chi connectivity index (χ3n) is 2.42. The first kappa shape index (κ1) is 14.5. The molecule has 1 rings (SSSR count). The van der Waals surface area contributed by atoms with E-state index in [4.69, 9.17) is 21.8 Å². The topological polar surface area (TPSA) is 86.6 Å². The van der Waals surface area contributed by atoms with Crippen molar-refractivity contribution in [1.82, 2.24) is 5.32 Å². The molecule has 98 valence electrons. The van der Waals surface area contributed by atoms with Crippen LogP contribution in [-0.2, 0) is 4.79 Å². The zero-order valence-corrected chi connectivity index (χ0v) is 10.6. The molecule has 1 atom stereocenters. The Kier molecular flexibility index (Phi) is 5.12. The summed E-state index contributed by atoms with van der Waals surface area (Å²) in [4.78, 5) is 22.1. The van der Waals surface area contributed by atoms with E-state index in [0.29, 0.717) is 10.6 Å². The molecule has 6 heteroatoms. The van der Waals surface area contributed by atoms with Gasteiger partial charge < -0.3 is 15.5 Å². The fourth-order valence-corrected chi connectivity index (χ4v) is 1.58. The van der Waals surface area contributed by atoms with E-state index in [-0.39, 0.29) is 18.9 Å². The minimum absolute atomic E-state index is 0.0511. The molecule has 1 aromatic carbocycles. The van der Waals surface area contributed by atoms with Crippen molar-refractivity contribution in [3.05, 3.63) is 34.3 Å². The fraction of sp³-hybridized carbons (Fsp3) is 0.333. The lowest BCUT2D eigenvalue weighted by Gasteiger charge is -2.09. The second-order valence-electron chi connectivity index (χ2n) is 3.84. The molecule has 3 N–H and O–H groups in total. The summed E-state index contributed by atoms with van der Waals surface area (Å²) in [5, 5.41) is 20.4. The maximum atomic E-state index is 11.7. The first-order valence-corrected chi connectivity index (χ1v) is 5.75. The van der Waals surface area contributed by atoms with Gasteiger partial charge in [0.2, 0.25) is 0 Å². The molecule has 1 aromatic rings. The molecule has 0 saturated carbocycles. The number of hydrogen-bond donors (Lipinski definition) is 3. The highest BCUT2D eigenvalue weighted by Crippen LogP contribution is 2.19. The molecular weight excluding hydrogens is 258 g/mol. The van der Waals surface area contributed by atoms with Crippen LogP contribution in [0.3, 0.4) is 0 Å². The molecule has 0 saturated heterocycles. The van der Waals surface area contributed by atoms with Crippen LogP contribution in [0.2, 0.25) is 5.02 Å². The summed E-state index contributed by atoms with van der Waals surface area (Å²) >= 11 is 5.98. The second kappa shape index (κ2) is 6.37. The lowest BCUT2D eigenvalue weighted by Crippen LogP contribution is -2.30. The minimum Gasteiger partial charge on any atom is -0.479 e. The third kappa shape index (κ3) is 3.72. The number of aliphatic carboxylic acids is 1. The number of carboxylic acid groups (broad SMARTS) is 1. The van der Waals surface area contributed by atoms with Crippen LogP contribution in [0.4, 0.5) is 0 Å². The summed E-state index contributed by atoms with van der Waals surface area (Å²) in [5.41, 5.74) is 1.12. The van der Waals surface area contributed by atoms with Crippen molar-refractivity contribution in [3.8, 4) is 0 Å². The third-order valence-corrected chi connectivity index (χ3v) is 2.93. The van der Waals surface area contributed by atoms with Gasteiger partial charge in [-0.2, -0.15) is 0 Å². The zero-order chi connectivity index (χ0) is 13.7. The minimum atomic E-state index is -1.47. The van der Waals surface area contributed by atoms with Crippen molar-refractivity contribution in [2.75, 3.05) is 6.54 Å². The SMILES string of the molecule is Cc1cccc(C(=O)NCC[C@H](O)C(=O)O)c1Cl. The standard InChI is InChI=1S/C12H14ClNO4/c1-7-3-2-4-8(10(7)13)11(16)14-6-5-9(15)12(17)18/h2-4,9,15H,5-6H2,1H3,(H,14,16)(H,17,18)/t9-/m0/s1. The number of carboxylic acids is 1. The molecule has 1 amide bonds. The molecule has 5 nitrogen and oxygen atoms in total. The first-order valence-electron chi connectivity index (χ1n) is 5.37. The number of aryl methyl sites for hydroxylation is 1. The molecule has 0 radical (unpaired) electrons. The van der Waals surface area contributed by atoms with Crippen molar-refractivity contribution in [3.63, 3.8) is 0 Å². The van der Waals surface area contributed by atoms with Crippen LogP contribution in [0, 0.1) is 6.92 Å². The van der Waals surface area contributed by atoms with Gasteiger partial charge in [0.1, 0.15) is 0 Å². The Morgan fingerprint density at radius 3 is 2.72 bits per heavy atom. The molecule has 0 aliphatic rings. The van der Waals surface area contributed by atoms with Gasteiger partial charge in [-0.3, -0.25) is 4.79 Å². The smallest absolute Gasteiger partial charge is 0.332 e. The summed E-state index contributed by atoms with van der Waals surface area (Å²) in [7, 11) is 0. The van der Waals surface area contributed by atoms with Crippen LogP contribution < -0.4 is 5.32 Å². The van der Waals surface area contributed by atoms with Gasteiger partial charge in [-0.1, -0.05) is 23.7 Å². The Morgan fingerprint density at radius 1 is 1.44 bits per heavy atom. The summed E-state index contributed by atoms with van der Waals surface area (Å²) in [6.07, 6.45) is -1.52. The molecule has 0 aromatic heterocycles. The van der Waals surface area contributed by atoms with Gasteiger partial charge >= 0.3 is 5.97 Å². The van der Waals surface area contributed by atoms with Gasteiger partial charge in [0.15, 0.2) is 6.10 Å². The number of nitrogens with one attached hydrogen (secondary N) is 1. The fourth-order valence-electron chi connectivity index (χ4n) is 1.36. The molecule has 0 heterocycles. The number of benzene rings is 1. The van der Waals surface area contributed by atoms with Crippen molar-refractivity contribution in [2.24, 2.45) is 0 Å². The molecule has 0 fully saturated rings. The van der Waals surface area contributed by atoms with Gasteiger partial charge in [-0.25, -0.2) is 4.79 Å². The van der Waals surface area contributed by atoms with Gasteiger partial charge in [0.25, 0.3) is 5.91 Å². The zero-order valence-electron chi connectivity index (χ0n) is 9.81. The lowest BCUT2D eigenvalue weighted by molar-refractivity contribution is -0.146. The van der Waals surface area contributed by atoms with E-state index in [0.717, 1.165) is 5.56 Å². The van der Waals surface area contributed by atoms with Crippen LogP contribution in [0.1, 0.15) is 22.3 Å². The highest BCUT2D eigenvalue weighted by atomic mass is 35.5. The Labute approximate surface area is 109 Å². The molecule has 0 aliphatic heterocycles. The number of amides is 1. The second-order valence-corrected chi connectivity index (χ2v) is 4.21. The van der Waals surface area contributed by atoms with E-state index in [1.807, 2.05) is 0 Å². The Bertz CT molecular complexity index is 461. The van der Waals surface area contributed by atoms with Crippen molar-refractivity contribution in [2.45, 2.75) is 19.4 Å². The van der Waals surface area contributed by atoms with Crippen LogP contribution in [0.25, 0.3) is 0 Å². The quantitative estimate of drug-likeness (QED) is 0.751. The maximum Gasteiger partial charge on any atom is 0.332 e. The number of carbonyl (C=O) groups excluding carboxylic acids is 1. The molecule has 0 unspecified atom stereocenters. The normalized spacial score (nSPS) is 11.9. The number of carbonyl (C=O) groups is 2. The summed E-state index contributed by atoms with van der Waals surface area (Å²) in [6.45, 7) is 1.85. The average Bonchev–Trinajstić information content (AvgIpc) is 2.32. The Morgan fingerprint density at radius 2 is 2.11 bits per heavy atom.